The molecule has 0 spiro atoms. The molecule has 2 aromatic rings. The molecule has 0 unspecified atom stereocenters. The zero-order valence-electron chi connectivity index (χ0n) is 14.0. The van der Waals surface area contributed by atoms with Crippen LogP contribution in [0.5, 0.6) is 0 Å². The lowest BCUT2D eigenvalue weighted by Gasteiger charge is -2.17. The molecule has 0 atom stereocenters. The minimum Gasteiger partial charge on any atom is -0.465 e. The van der Waals surface area contributed by atoms with E-state index in [1.165, 1.54) is 48.6 Å². The molecular weight excluding hydrogens is 340 g/mol. The quantitative estimate of drug-likeness (QED) is 0.362. The maximum Gasteiger partial charge on any atom is 0.340 e. The van der Waals surface area contributed by atoms with Crippen LogP contribution < -0.4 is 4.90 Å². The number of ether oxygens (including phenoxy) is 1. The molecule has 0 fully saturated rings. The second-order valence-electron chi connectivity index (χ2n) is 5.44. The van der Waals surface area contributed by atoms with Crippen molar-refractivity contribution in [3.8, 4) is 0 Å². The van der Waals surface area contributed by atoms with Gasteiger partial charge in [-0.05, 0) is 37.3 Å². The van der Waals surface area contributed by atoms with Crippen molar-refractivity contribution < 1.29 is 23.7 Å². The maximum absolute atomic E-state index is 12.9. The standard InChI is InChI=1S/C18H14N2O6/c1-11-16(18(22)25-2)15(10-14-4-3-9-26-14)17(21)19(11)12-5-7-13(8-6-12)20(23)24/h3-10H,1-2H3/b15-10-. The molecule has 132 valence electrons. The number of anilines is 1. The molecule has 1 aromatic heterocycles. The van der Waals surface area contributed by atoms with E-state index < -0.39 is 16.8 Å². The van der Waals surface area contributed by atoms with E-state index in [4.69, 9.17) is 9.15 Å². The minimum atomic E-state index is -0.655. The topological polar surface area (TPSA) is 103 Å². The summed E-state index contributed by atoms with van der Waals surface area (Å²) < 4.78 is 10.0. The molecule has 2 heterocycles. The Labute approximate surface area is 148 Å². The number of furan rings is 1. The van der Waals surface area contributed by atoms with Crippen LogP contribution in [-0.2, 0) is 14.3 Å². The van der Waals surface area contributed by atoms with Crippen molar-refractivity contribution in [2.45, 2.75) is 6.92 Å². The molecule has 1 amide bonds. The van der Waals surface area contributed by atoms with Crippen molar-refractivity contribution in [1.82, 2.24) is 0 Å². The average molecular weight is 354 g/mol. The Hall–Kier alpha value is -3.68. The number of non-ortho nitro benzene ring substituents is 1. The van der Waals surface area contributed by atoms with Gasteiger partial charge in [-0.2, -0.15) is 0 Å². The summed E-state index contributed by atoms with van der Waals surface area (Å²) >= 11 is 0. The van der Waals surface area contributed by atoms with E-state index in [1.54, 1.807) is 19.1 Å². The molecule has 8 heteroatoms. The van der Waals surface area contributed by atoms with Crippen LogP contribution in [0.25, 0.3) is 6.08 Å². The number of nitro groups is 1. The lowest BCUT2D eigenvalue weighted by molar-refractivity contribution is -0.384. The number of carbonyl (C=O) groups is 2. The molecule has 0 saturated carbocycles. The van der Waals surface area contributed by atoms with Gasteiger partial charge in [0.15, 0.2) is 0 Å². The van der Waals surface area contributed by atoms with E-state index in [2.05, 4.69) is 0 Å². The van der Waals surface area contributed by atoms with E-state index in [0.717, 1.165) is 0 Å². The highest BCUT2D eigenvalue weighted by Crippen LogP contribution is 2.35. The number of benzene rings is 1. The third kappa shape index (κ3) is 2.88. The van der Waals surface area contributed by atoms with Crippen LogP contribution in [-0.4, -0.2) is 23.9 Å². The number of hydrogen-bond acceptors (Lipinski definition) is 6. The molecule has 26 heavy (non-hydrogen) atoms. The normalized spacial score (nSPS) is 15.7. The summed E-state index contributed by atoms with van der Waals surface area (Å²) in [6.45, 7) is 1.61. The first kappa shape index (κ1) is 17.2. The van der Waals surface area contributed by atoms with Crippen molar-refractivity contribution in [2.75, 3.05) is 12.0 Å². The van der Waals surface area contributed by atoms with Gasteiger partial charge in [0.2, 0.25) is 0 Å². The van der Waals surface area contributed by atoms with E-state index in [9.17, 15) is 19.7 Å². The Morgan fingerprint density at radius 2 is 1.96 bits per heavy atom. The Bertz CT molecular complexity index is 939. The van der Waals surface area contributed by atoms with Crippen LogP contribution in [0.3, 0.4) is 0 Å². The predicted molar refractivity (Wildman–Crippen MR) is 92.0 cm³/mol. The Kier molecular flexibility index (Phi) is 4.40. The summed E-state index contributed by atoms with van der Waals surface area (Å²) in [7, 11) is 1.23. The minimum absolute atomic E-state index is 0.0958. The van der Waals surface area contributed by atoms with Gasteiger partial charge in [0.05, 0.1) is 29.4 Å². The van der Waals surface area contributed by atoms with E-state index in [1.807, 2.05) is 0 Å². The van der Waals surface area contributed by atoms with Crippen molar-refractivity contribution in [2.24, 2.45) is 0 Å². The van der Waals surface area contributed by atoms with Gasteiger partial charge in [0.1, 0.15) is 5.76 Å². The molecule has 0 bridgehead atoms. The number of esters is 1. The lowest BCUT2D eigenvalue weighted by atomic mass is 10.1. The molecule has 0 aliphatic carbocycles. The second-order valence-corrected chi connectivity index (χ2v) is 5.44. The summed E-state index contributed by atoms with van der Waals surface area (Å²) in [5, 5.41) is 10.8. The molecule has 1 aromatic carbocycles. The average Bonchev–Trinajstić information content (AvgIpc) is 3.22. The Balaban J connectivity index is 2.09. The number of rotatable bonds is 4. The first-order valence-corrected chi connectivity index (χ1v) is 7.57. The van der Waals surface area contributed by atoms with E-state index >= 15 is 0 Å². The van der Waals surface area contributed by atoms with Gasteiger partial charge in [-0.25, -0.2) is 4.79 Å². The summed E-state index contributed by atoms with van der Waals surface area (Å²) in [4.78, 5) is 36.7. The molecular formula is C18H14N2O6. The van der Waals surface area contributed by atoms with Gasteiger partial charge in [-0.1, -0.05) is 0 Å². The molecule has 8 nitrogen and oxygen atoms in total. The van der Waals surface area contributed by atoms with Crippen molar-refractivity contribution >= 4 is 29.3 Å². The van der Waals surface area contributed by atoms with Crippen LogP contribution in [0.4, 0.5) is 11.4 Å². The number of nitrogens with zero attached hydrogens (tertiary/aromatic N) is 2. The Morgan fingerprint density at radius 1 is 1.27 bits per heavy atom. The highest BCUT2D eigenvalue weighted by atomic mass is 16.6. The molecule has 1 aliphatic rings. The number of amides is 1. The van der Waals surface area contributed by atoms with Gasteiger partial charge in [0, 0.05) is 23.5 Å². The fraction of sp³-hybridized carbons (Fsp3) is 0.111. The van der Waals surface area contributed by atoms with Gasteiger partial charge in [-0.15, -0.1) is 0 Å². The lowest BCUT2D eigenvalue weighted by Crippen LogP contribution is -2.24. The van der Waals surface area contributed by atoms with Gasteiger partial charge >= 0.3 is 5.97 Å². The molecule has 1 aliphatic heterocycles. The fourth-order valence-electron chi connectivity index (χ4n) is 2.73. The van der Waals surface area contributed by atoms with Crippen LogP contribution in [0.15, 0.2) is 63.9 Å². The van der Waals surface area contributed by atoms with Crippen molar-refractivity contribution in [1.29, 1.82) is 0 Å². The summed E-state index contributed by atoms with van der Waals surface area (Å²) in [5.74, 6) is -0.695. The zero-order valence-corrected chi connectivity index (χ0v) is 14.0. The summed E-state index contributed by atoms with van der Waals surface area (Å²) in [6.07, 6.45) is 2.91. The van der Waals surface area contributed by atoms with Gasteiger partial charge < -0.3 is 9.15 Å². The Morgan fingerprint density at radius 3 is 2.50 bits per heavy atom. The van der Waals surface area contributed by atoms with Crippen molar-refractivity contribution in [3.05, 3.63) is 75.4 Å². The van der Waals surface area contributed by atoms with Crippen molar-refractivity contribution in [3.63, 3.8) is 0 Å². The van der Waals surface area contributed by atoms with E-state index in [0.29, 0.717) is 17.1 Å². The summed E-state index contributed by atoms with van der Waals surface area (Å²) in [5.41, 5.74) is 0.923. The maximum atomic E-state index is 12.9. The first-order chi connectivity index (χ1) is 12.4. The van der Waals surface area contributed by atoms with Crippen LogP contribution in [0.2, 0.25) is 0 Å². The van der Waals surface area contributed by atoms with Gasteiger partial charge in [0.25, 0.3) is 11.6 Å². The highest BCUT2D eigenvalue weighted by Gasteiger charge is 2.38. The van der Waals surface area contributed by atoms with Crippen LogP contribution in [0.1, 0.15) is 12.7 Å². The largest absolute Gasteiger partial charge is 0.465 e. The summed E-state index contributed by atoms with van der Waals surface area (Å²) in [6, 6.07) is 8.80. The molecule has 0 radical (unpaired) electrons. The third-order valence-electron chi connectivity index (χ3n) is 3.94. The number of methoxy groups -OCH3 is 1. The highest BCUT2D eigenvalue weighted by molar-refractivity contribution is 6.23. The molecule has 0 saturated heterocycles. The fourth-order valence-corrected chi connectivity index (χ4v) is 2.73. The monoisotopic (exact) mass is 354 g/mol. The van der Waals surface area contributed by atoms with Crippen LogP contribution in [0, 0.1) is 10.1 Å². The first-order valence-electron chi connectivity index (χ1n) is 7.57. The number of allylic oxidation sites excluding steroid dienone is 1. The number of hydrogen-bond donors (Lipinski definition) is 0. The predicted octanol–water partition coefficient (Wildman–Crippen LogP) is 3.07. The smallest absolute Gasteiger partial charge is 0.340 e. The molecule has 0 N–H and O–H groups in total. The number of carbonyl (C=O) groups excluding carboxylic acids is 2. The SMILES string of the molecule is COC(=O)C1=C(C)N(c2ccc([N+](=O)[O-])cc2)C(=O)/C1=C\c1ccco1. The van der Waals surface area contributed by atoms with E-state index in [-0.39, 0.29) is 16.8 Å². The second kappa shape index (κ2) is 6.67. The van der Waals surface area contributed by atoms with Crippen LogP contribution >= 0.6 is 0 Å². The zero-order chi connectivity index (χ0) is 18.8. The van der Waals surface area contributed by atoms with Gasteiger partial charge in [-0.3, -0.25) is 19.8 Å². The molecule has 3 rings (SSSR count). The number of nitro benzene ring substituents is 1. The third-order valence-corrected chi connectivity index (χ3v) is 3.94.